The number of benzene rings is 1. The Morgan fingerprint density at radius 1 is 1.19 bits per heavy atom. The second-order valence-corrected chi connectivity index (χ2v) is 7.54. The van der Waals surface area contributed by atoms with Crippen molar-refractivity contribution in [2.45, 2.75) is 17.8 Å². The molecule has 9 heteroatoms. The van der Waals surface area contributed by atoms with Crippen molar-refractivity contribution in [1.29, 1.82) is 0 Å². The van der Waals surface area contributed by atoms with Crippen LogP contribution >= 0.6 is 27.7 Å². The SMILES string of the molecule is COc1ccc(C)cc1-n1nnnc1SCc1cn2cc(Br)ccc2n1. The first-order valence-electron chi connectivity index (χ1n) is 7.83. The third-order valence-electron chi connectivity index (χ3n) is 3.82. The smallest absolute Gasteiger partial charge is 0.214 e. The fraction of sp³-hybridized carbons (Fsp3) is 0.176. The Morgan fingerprint density at radius 3 is 2.92 bits per heavy atom. The van der Waals surface area contributed by atoms with E-state index in [1.165, 1.54) is 11.8 Å². The van der Waals surface area contributed by atoms with Gasteiger partial charge < -0.3 is 9.14 Å². The summed E-state index contributed by atoms with van der Waals surface area (Å²) in [4.78, 5) is 4.62. The molecule has 0 aliphatic heterocycles. The largest absolute Gasteiger partial charge is 0.494 e. The number of aromatic nitrogens is 6. The number of tetrazole rings is 1. The maximum atomic E-state index is 5.45. The Hall–Kier alpha value is -2.39. The third kappa shape index (κ3) is 3.32. The summed E-state index contributed by atoms with van der Waals surface area (Å²) in [5.74, 6) is 1.38. The van der Waals surface area contributed by atoms with E-state index < -0.39 is 0 Å². The Morgan fingerprint density at radius 2 is 2.08 bits per heavy atom. The summed E-state index contributed by atoms with van der Waals surface area (Å²) < 4.78 is 10.1. The number of halogens is 1. The molecule has 0 amide bonds. The predicted molar refractivity (Wildman–Crippen MR) is 103 cm³/mol. The lowest BCUT2D eigenvalue weighted by Gasteiger charge is -2.10. The van der Waals surface area contributed by atoms with Crippen LogP contribution in [0.3, 0.4) is 0 Å². The second kappa shape index (κ2) is 7.08. The molecule has 3 aromatic heterocycles. The summed E-state index contributed by atoms with van der Waals surface area (Å²) in [7, 11) is 1.64. The van der Waals surface area contributed by atoms with Crippen molar-refractivity contribution < 1.29 is 4.74 Å². The molecule has 0 aliphatic rings. The molecular weight excluding hydrogens is 416 g/mol. The maximum Gasteiger partial charge on any atom is 0.214 e. The third-order valence-corrected chi connectivity index (χ3v) is 5.24. The molecule has 7 nitrogen and oxygen atoms in total. The molecule has 0 saturated heterocycles. The van der Waals surface area contributed by atoms with E-state index in [2.05, 4.69) is 36.4 Å². The van der Waals surface area contributed by atoms with E-state index >= 15 is 0 Å². The molecule has 0 bridgehead atoms. The number of nitrogens with zero attached hydrogens (tertiary/aromatic N) is 6. The average molecular weight is 431 g/mol. The minimum Gasteiger partial charge on any atom is -0.494 e. The molecule has 0 unspecified atom stereocenters. The van der Waals surface area contributed by atoms with Crippen LogP contribution in [0.4, 0.5) is 0 Å². The molecule has 0 aliphatic carbocycles. The van der Waals surface area contributed by atoms with Crippen LogP contribution in [-0.4, -0.2) is 36.7 Å². The zero-order chi connectivity index (χ0) is 18.1. The summed E-state index contributed by atoms with van der Waals surface area (Å²) >= 11 is 5.00. The van der Waals surface area contributed by atoms with Crippen molar-refractivity contribution in [2.75, 3.05) is 7.11 Å². The Bertz CT molecular complexity index is 1080. The highest BCUT2D eigenvalue weighted by molar-refractivity contribution is 9.10. The maximum absolute atomic E-state index is 5.45. The van der Waals surface area contributed by atoms with Crippen LogP contribution in [0.1, 0.15) is 11.3 Å². The van der Waals surface area contributed by atoms with Crippen molar-refractivity contribution in [3.8, 4) is 11.4 Å². The highest BCUT2D eigenvalue weighted by atomic mass is 79.9. The monoisotopic (exact) mass is 430 g/mol. The molecular formula is C17H15BrN6OS. The molecule has 1 aromatic carbocycles. The van der Waals surface area contributed by atoms with Crippen molar-refractivity contribution in [2.24, 2.45) is 0 Å². The number of thioether (sulfide) groups is 1. The fourth-order valence-electron chi connectivity index (χ4n) is 2.61. The number of hydrogen-bond donors (Lipinski definition) is 0. The van der Waals surface area contributed by atoms with Crippen molar-refractivity contribution in [3.63, 3.8) is 0 Å². The molecule has 0 N–H and O–H groups in total. The van der Waals surface area contributed by atoms with Crippen molar-refractivity contribution in [3.05, 3.63) is 58.5 Å². The molecule has 0 fully saturated rings. The minimum absolute atomic E-state index is 0.661. The first-order valence-corrected chi connectivity index (χ1v) is 9.61. The quantitative estimate of drug-likeness (QED) is 0.449. The topological polar surface area (TPSA) is 70.1 Å². The predicted octanol–water partition coefficient (Wildman–Crippen LogP) is 3.68. The number of fused-ring (bicyclic) bond motifs is 1. The lowest BCUT2D eigenvalue weighted by atomic mass is 10.2. The Labute approximate surface area is 162 Å². The molecule has 26 heavy (non-hydrogen) atoms. The number of imidazole rings is 1. The van der Waals surface area contributed by atoms with Crippen molar-refractivity contribution in [1.82, 2.24) is 29.6 Å². The van der Waals surface area contributed by atoms with Gasteiger partial charge in [-0.3, -0.25) is 0 Å². The highest BCUT2D eigenvalue weighted by Crippen LogP contribution is 2.28. The van der Waals surface area contributed by atoms with E-state index in [0.29, 0.717) is 10.9 Å². The van der Waals surface area contributed by atoms with E-state index in [-0.39, 0.29) is 0 Å². The van der Waals surface area contributed by atoms with E-state index in [0.717, 1.165) is 32.8 Å². The molecule has 3 heterocycles. The van der Waals surface area contributed by atoms with Crippen LogP contribution in [0, 0.1) is 6.92 Å². The number of aryl methyl sites for hydroxylation is 1. The molecule has 4 rings (SSSR count). The van der Waals surface area contributed by atoms with Gasteiger partial charge in [-0.25, -0.2) is 4.98 Å². The van der Waals surface area contributed by atoms with Gasteiger partial charge in [-0.15, -0.1) is 5.10 Å². The van der Waals surface area contributed by atoms with E-state index in [1.54, 1.807) is 11.8 Å². The zero-order valence-corrected chi connectivity index (χ0v) is 16.5. The van der Waals surface area contributed by atoms with Crippen LogP contribution in [-0.2, 0) is 5.75 Å². The van der Waals surface area contributed by atoms with Gasteiger partial charge in [0.05, 0.1) is 12.8 Å². The molecule has 4 aromatic rings. The summed E-state index contributed by atoms with van der Waals surface area (Å²) in [6, 6.07) is 9.86. The summed E-state index contributed by atoms with van der Waals surface area (Å²) in [5, 5.41) is 12.8. The summed E-state index contributed by atoms with van der Waals surface area (Å²) in [5.41, 5.74) is 3.79. The van der Waals surface area contributed by atoms with Gasteiger partial charge in [0.2, 0.25) is 5.16 Å². The van der Waals surface area contributed by atoms with E-state index in [1.807, 2.05) is 54.0 Å². The normalized spacial score (nSPS) is 11.2. The first-order chi connectivity index (χ1) is 12.6. The lowest BCUT2D eigenvalue weighted by molar-refractivity contribution is 0.410. The van der Waals surface area contributed by atoms with Gasteiger partial charge in [-0.1, -0.05) is 17.8 Å². The van der Waals surface area contributed by atoms with E-state index in [4.69, 9.17) is 4.74 Å². The molecule has 0 spiro atoms. The van der Waals surface area contributed by atoms with Crippen LogP contribution < -0.4 is 4.74 Å². The number of methoxy groups -OCH3 is 1. The van der Waals surface area contributed by atoms with Crippen LogP contribution in [0.25, 0.3) is 11.3 Å². The highest BCUT2D eigenvalue weighted by Gasteiger charge is 2.14. The molecule has 0 radical (unpaired) electrons. The molecule has 0 atom stereocenters. The van der Waals surface area contributed by atoms with Gasteiger partial charge in [0.15, 0.2) is 0 Å². The zero-order valence-electron chi connectivity index (χ0n) is 14.1. The van der Waals surface area contributed by atoms with Crippen LogP contribution in [0.2, 0.25) is 0 Å². The lowest BCUT2D eigenvalue weighted by Crippen LogP contribution is -2.02. The van der Waals surface area contributed by atoms with Crippen molar-refractivity contribution >= 4 is 33.3 Å². The first kappa shape index (κ1) is 17.0. The Balaban J connectivity index is 1.60. The van der Waals surface area contributed by atoms with Gasteiger partial charge in [0, 0.05) is 22.6 Å². The van der Waals surface area contributed by atoms with Gasteiger partial charge in [-0.2, -0.15) is 4.68 Å². The number of hydrogen-bond acceptors (Lipinski definition) is 6. The number of pyridine rings is 1. The van der Waals surface area contributed by atoms with Gasteiger partial charge in [0.25, 0.3) is 0 Å². The Kier molecular flexibility index (Phi) is 4.64. The summed E-state index contributed by atoms with van der Waals surface area (Å²) in [6.45, 7) is 2.02. The number of rotatable bonds is 5. The summed E-state index contributed by atoms with van der Waals surface area (Å²) in [6.07, 6.45) is 3.99. The van der Waals surface area contributed by atoms with Crippen LogP contribution in [0.5, 0.6) is 5.75 Å². The van der Waals surface area contributed by atoms with Gasteiger partial charge in [0.1, 0.15) is 17.1 Å². The standard InChI is InChI=1S/C17H15BrN6OS/c1-11-3-5-15(25-2)14(7-11)24-17(20-21-22-24)26-10-13-9-23-8-12(18)4-6-16(23)19-13/h3-9H,10H2,1-2H3. The van der Waals surface area contributed by atoms with Gasteiger partial charge >= 0.3 is 0 Å². The fourth-order valence-corrected chi connectivity index (χ4v) is 3.73. The van der Waals surface area contributed by atoms with E-state index in [9.17, 15) is 0 Å². The van der Waals surface area contributed by atoms with Crippen LogP contribution in [0.15, 0.2) is 52.4 Å². The minimum atomic E-state index is 0.661. The number of ether oxygens (including phenoxy) is 1. The average Bonchev–Trinajstić information content (AvgIpc) is 3.25. The molecule has 132 valence electrons. The molecule has 0 saturated carbocycles. The second-order valence-electron chi connectivity index (χ2n) is 5.68. The van der Waals surface area contributed by atoms with Gasteiger partial charge in [-0.05, 0) is 63.1 Å².